The molecule has 0 aliphatic rings. The van der Waals surface area contributed by atoms with E-state index in [1.54, 1.807) is 37.3 Å². The summed E-state index contributed by atoms with van der Waals surface area (Å²) in [5, 5.41) is 3.15. The monoisotopic (exact) mass is 521 g/mol. The number of nitrogens with zero attached hydrogens (tertiary/aromatic N) is 2. The fraction of sp³-hybridized carbons (Fsp3) is 0.348. The number of halogens is 1. The Balaban J connectivity index is 1.87. The van der Waals surface area contributed by atoms with Crippen molar-refractivity contribution in [2.75, 3.05) is 10.0 Å². The summed E-state index contributed by atoms with van der Waals surface area (Å²) >= 11 is 7.45. The molecular formula is C23H28ClN5O3S2. The van der Waals surface area contributed by atoms with Crippen LogP contribution in [0.1, 0.15) is 44.9 Å². The van der Waals surface area contributed by atoms with E-state index in [4.69, 9.17) is 17.3 Å². The second kappa shape index (κ2) is 10.4. The van der Waals surface area contributed by atoms with Gasteiger partial charge in [-0.05, 0) is 42.5 Å². The molecule has 11 heteroatoms. The van der Waals surface area contributed by atoms with Crippen molar-refractivity contribution in [1.29, 1.82) is 0 Å². The minimum Gasteiger partial charge on any atom is -0.320 e. The van der Waals surface area contributed by atoms with E-state index in [9.17, 15) is 13.2 Å². The lowest BCUT2D eigenvalue weighted by Crippen LogP contribution is -2.39. The lowest BCUT2D eigenvalue weighted by Gasteiger charge is -2.13. The Kier molecular flexibility index (Phi) is 7.97. The number of sulfonamides is 1. The molecule has 4 N–H and O–H groups in total. The van der Waals surface area contributed by atoms with Crippen LogP contribution in [0.3, 0.4) is 0 Å². The highest BCUT2D eigenvalue weighted by Crippen LogP contribution is 2.35. The predicted octanol–water partition coefficient (Wildman–Crippen LogP) is 5.01. The van der Waals surface area contributed by atoms with Crippen molar-refractivity contribution < 1.29 is 13.2 Å². The first kappa shape index (κ1) is 26.1. The fourth-order valence-corrected chi connectivity index (χ4v) is 5.30. The number of rotatable bonds is 8. The largest absolute Gasteiger partial charge is 0.320 e. The molecule has 2 heterocycles. The molecule has 0 radical (unpaired) electrons. The highest BCUT2D eigenvalue weighted by Gasteiger charge is 2.21. The molecule has 1 amide bonds. The third kappa shape index (κ3) is 5.93. The Labute approximate surface area is 209 Å². The quantitative estimate of drug-likeness (QED) is 0.357. The normalized spacial score (nSPS) is 12.7. The maximum Gasteiger partial charge on any atom is 0.261 e. The summed E-state index contributed by atoms with van der Waals surface area (Å²) in [5.74, 6) is -0.0434. The van der Waals surface area contributed by atoms with Gasteiger partial charge in [-0.25, -0.2) is 18.4 Å². The Bertz CT molecular complexity index is 1290. The Morgan fingerprint density at radius 2 is 1.79 bits per heavy atom. The van der Waals surface area contributed by atoms with Crippen molar-refractivity contribution in [2.45, 2.75) is 51.5 Å². The summed E-state index contributed by atoms with van der Waals surface area (Å²) in [6.07, 6.45) is 1.53. The Hall–Kier alpha value is -2.53. The van der Waals surface area contributed by atoms with Crippen molar-refractivity contribution >= 4 is 49.7 Å². The smallest absolute Gasteiger partial charge is 0.261 e. The number of nitrogens with two attached hydrogens (primary N) is 1. The van der Waals surface area contributed by atoms with E-state index in [1.807, 2.05) is 27.7 Å². The van der Waals surface area contributed by atoms with E-state index in [0.29, 0.717) is 22.3 Å². The Morgan fingerprint density at radius 3 is 2.38 bits per heavy atom. The van der Waals surface area contributed by atoms with Gasteiger partial charge in [0.1, 0.15) is 0 Å². The molecule has 3 aromatic rings. The fourth-order valence-electron chi connectivity index (χ4n) is 3.09. The van der Waals surface area contributed by atoms with Crippen LogP contribution in [0.25, 0.3) is 10.4 Å². The van der Waals surface area contributed by atoms with Crippen molar-refractivity contribution in [3.05, 3.63) is 52.9 Å². The van der Waals surface area contributed by atoms with Gasteiger partial charge in [0.05, 0.1) is 27.2 Å². The van der Waals surface area contributed by atoms with Crippen molar-refractivity contribution in [2.24, 2.45) is 11.7 Å². The number of nitrogens with one attached hydrogen (secondary N) is 2. The highest BCUT2D eigenvalue weighted by molar-refractivity contribution is 7.92. The SMILES string of the molecule is Cc1nc(NC(=O)[C@@H](N)C(C)C)sc1-c1cnc(Cl)c(NS(=O)(=O)c2ccc(C(C)C)cc2)c1. The maximum absolute atomic E-state index is 12.9. The highest BCUT2D eigenvalue weighted by atomic mass is 35.5. The molecule has 0 saturated carbocycles. The molecule has 0 spiro atoms. The van der Waals surface area contributed by atoms with Crippen LogP contribution in [-0.2, 0) is 14.8 Å². The molecule has 0 unspecified atom stereocenters. The van der Waals surface area contributed by atoms with Crippen LogP contribution in [0.4, 0.5) is 10.8 Å². The molecule has 8 nitrogen and oxygen atoms in total. The van der Waals surface area contributed by atoms with Crippen LogP contribution in [0, 0.1) is 12.8 Å². The number of carbonyl (C=O) groups excluding carboxylic acids is 1. The molecule has 2 aromatic heterocycles. The van der Waals surface area contributed by atoms with Gasteiger partial charge >= 0.3 is 0 Å². The van der Waals surface area contributed by atoms with Gasteiger partial charge < -0.3 is 11.1 Å². The number of aryl methyl sites for hydroxylation is 1. The Morgan fingerprint density at radius 1 is 1.15 bits per heavy atom. The van der Waals surface area contributed by atoms with Crippen LogP contribution in [-0.4, -0.2) is 30.3 Å². The summed E-state index contributed by atoms with van der Waals surface area (Å²) < 4.78 is 28.4. The average Bonchev–Trinajstić information content (AvgIpc) is 3.14. The lowest BCUT2D eigenvalue weighted by atomic mass is 10.0. The summed E-state index contributed by atoms with van der Waals surface area (Å²) in [5.41, 5.74) is 8.36. The number of amides is 1. The standard InChI is InChI=1S/C23H28ClN5O3S2/c1-12(2)15-6-8-17(9-7-15)34(31,32)29-18-10-16(11-26-21(18)24)20-14(5)27-23(33-20)28-22(30)19(25)13(3)4/h6-13,19,29H,25H2,1-5H3,(H,27,28,30)/t19-/m0/s1. The van der Waals surface area contributed by atoms with E-state index in [0.717, 1.165) is 10.4 Å². The first-order valence-electron chi connectivity index (χ1n) is 10.7. The second-order valence-electron chi connectivity index (χ2n) is 8.58. The first-order chi connectivity index (χ1) is 15.9. The number of hydrogen-bond donors (Lipinski definition) is 3. The number of thiazole rings is 1. The zero-order valence-corrected chi connectivity index (χ0v) is 22.0. The van der Waals surface area contributed by atoms with Crippen molar-refractivity contribution in [3.63, 3.8) is 0 Å². The van der Waals surface area contributed by atoms with Gasteiger partial charge in [0, 0.05) is 11.8 Å². The zero-order valence-electron chi connectivity index (χ0n) is 19.6. The number of hydrogen-bond acceptors (Lipinski definition) is 7. The van der Waals surface area contributed by atoms with E-state index in [1.165, 1.54) is 17.5 Å². The number of anilines is 2. The molecule has 0 fully saturated rings. The number of carbonyl (C=O) groups is 1. The summed E-state index contributed by atoms with van der Waals surface area (Å²) in [4.78, 5) is 21.7. The second-order valence-corrected chi connectivity index (χ2v) is 11.6. The number of aromatic nitrogens is 2. The third-order valence-corrected chi connectivity index (χ3v) is 8.05. The van der Waals surface area contributed by atoms with Crippen LogP contribution in [0.5, 0.6) is 0 Å². The van der Waals surface area contributed by atoms with Gasteiger partial charge in [-0.3, -0.25) is 9.52 Å². The molecular weight excluding hydrogens is 494 g/mol. The first-order valence-corrected chi connectivity index (χ1v) is 13.4. The molecule has 182 valence electrons. The zero-order chi connectivity index (χ0) is 25.2. The van der Waals surface area contributed by atoms with E-state index >= 15 is 0 Å². The van der Waals surface area contributed by atoms with Gasteiger partial charge in [-0.15, -0.1) is 0 Å². The lowest BCUT2D eigenvalue weighted by molar-refractivity contribution is -0.118. The minimum absolute atomic E-state index is 0.0156. The molecule has 0 aliphatic carbocycles. The number of benzene rings is 1. The topological polar surface area (TPSA) is 127 Å². The van der Waals surface area contributed by atoms with Gasteiger partial charge in [0.2, 0.25) is 5.91 Å². The van der Waals surface area contributed by atoms with Crippen LogP contribution < -0.4 is 15.8 Å². The van der Waals surface area contributed by atoms with E-state index in [-0.39, 0.29) is 27.6 Å². The van der Waals surface area contributed by atoms with Crippen LogP contribution in [0.15, 0.2) is 41.4 Å². The molecule has 0 saturated heterocycles. The molecule has 34 heavy (non-hydrogen) atoms. The van der Waals surface area contributed by atoms with Crippen LogP contribution in [0.2, 0.25) is 5.15 Å². The third-order valence-electron chi connectivity index (χ3n) is 5.25. The molecule has 3 rings (SSSR count). The summed E-state index contributed by atoms with van der Waals surface area (Å²) in [7, 11) is -3.87. The van der Waals surface area contributed by atoms with E-state index < -0.39 is 16.1 Å². The van der Waals surface area contributed by atoms with Crippen molar-refractivity contribution in [3.8, 4) is 10.4 Å². The maximum atomic E-state index is 12.9. The molecule has 0 bridgehead atoms. The van der Waals surface area contributed by atoms with E-state index in [2.05, 4.69) is 20.0 Å². The summed E-state index contributed by atoms with van der Waals surface area (Å²) in [6, 6.07) is 7.65. The molecule has 0 aliphatic heterocycles. The van der Waals surface area contributed by atoms with Gasteiger partial charge in [0.25, 0.3) is 10.0 Å². The summed E-state index contributed by atoms with van der Waals surface area (Å²) in [6.45, 7) is 9.59. The molecule has 1 aromatic carbocycles. The van der Waals surface area contributed by atoms with Crippen LogP contribution >= 0.6 is 22.9 Å². The van der Waals surface area contributed by atoms with Gasteiger partial charge in [-0.1, -0.05) is 62.8 Å². The number of pyridine rings is 1. The average molecular weight is 522 g/mol. The molecule has 1 atom stereocenters. The van der Waals surface area contributed by atoms with Crippen molar-refractivity contribution in [1.82, 2.24) is 9.97 Å². The minimum atomic E-state index is -3.87. The van der Waals surface area contributed by atoms with Gasteiger partial charge in [0.15, 0.2) is 10.3 Å². The predicted molar refractivity (Wildman–Crippen MR) is 138 cm³/mol. The van der Waals surface area contributed by atoms with Gasteiger partial charge in [-0.2, -0.15) is 0 Å².